The van der Waals surface area contributed by atoms with Gasteiger partial charge in [0.25, 0.3) is 5.91 Å². The van der Waals surface area contributed by atoms with Crippen molar-refractivity contribution in [2.45, 2.75) is 6.92 Å². The molecule has 1 aliphatic heterocycles. The Hall–Kier alpha value is -4.36. The Morgan fingerprint density at radius 2 is 2.10 bits per heavy atom. The standard InChI is InChI=1S/C22H22N8O/c1-13-19(6-14(10-26-13)22(31)25-2)28-18-4-5-29(3)21-17(18)11-27-30-12-15(7-20(21)30)16(8-23)9-24/h5-12,23,28H,24H2,1-3H3,(H,25,31). The molecule has 4 rings (SSSR count). The van der Waals surface area contributed by atoms with Gasteiger partial charge < -0.3 is 26.7 Å². The third-order valence-corrected chi connectivity index (χ3v) is 5.14. The van der Waals surface area contributed by atoms with Gasteiger partial charge >= 0.3 is 0 Å². The van der Waals surface area contributed by atoms with E-state index in [1.165, 1.54) is 12.4 Å². The van der Waals surface area contributed by atoms with E-state index in [-0.39, 0.29) is 5.91 Å². The fraction of sp³-hybridized carbons (Fsp3) is 0.136. The quantitative estimate of drug-likeness (QED) is 0.375. The first-order valence-corrected chi connectivity index (χ1v) is 9.56. The van der Waals surface area contributed by atoms with Gasteiger partial charge in [-0.2, -0.15) is 5.10 Å². The van der Waals surface area contributed by atoms with E-state index in [2.05, 4.69) is 26.4 Å². The van der Waals surface area contributed by atoms with Crippen LogP contribution in [-0.2, 0) is 0 Å². The summed E-state index contributed by atoms with van der Waals surface area (Å²) in [5, 5.41) is 18.0. The maximum absolute atomic E-state index is 12.0. The lowest BCUT2D eigenvalue weighted by molar-refractivity contribution is 0.0963. The number of fused-ring (bicyclic) bond motifs is 3. The number of amides is 1. The number of nitrogens with two attached hydrogens (primary N) is 1. The topological polar surface area (TPSA) is 124 Å². The van der Waals surface area contributed by atoms with Gasteiger partial charge in [-0.15, -0.1) is 0 Å². The zero-order valence-electron chi connectivity index (χ0n) is 17.4. The molecule has 9 heteroatoms. The molecular weight excluding hydrogens is 392 g/mol. The molecule has 0 fully saturated rings. The van der Waals surface area contributed by atoms with Crippen molar-refractivity contribution >= 4 is 40.3 Å². The van der Waals surface area contributed by atoms with Crippen molar-refractivity contribution in [3.8, 4) is 0 Å². The number of rotatable bonds is 5. The monoisotopic (exact) mass is 414 g/mol. The molecule has 31 heavy (non-hydrogen) atoms. The normalized spacial score (nSPS) is 13.1. The average molecular weight is 414 g/mol. The average Bonchev–Trinajstić information content (AvgIpc) is 3.21. The van der Waals surface area contributed by atoms with E-state index in [0.717, 1.165) is 28.0 Å². The zero-order chi connectivity index (χ0) is 22.1. The van der Waals surface area contributed by atoms with Crippen molar-refractivity contribution < 1.29 is 4.79 Å². The number of pyridine rings is 1. The minimum absolute atomic E-state index is 0.206. The first-order valence-electron chi connectivity index (χ1n) is 9.56. The lowest BCUT2D eigenvalue weighted by Crippen LogP contribution is -2.19. The van der Waals surface area contributed by atoms with E-state index < -0.39 is 0 Å². The highest BCUT2D eigenvalue weighted by Crippen LogP contribution is 2.35. The molecule has 0 saturated carbocycles. The first-order chi connectivity index (χ1) is 15.0. The van der Waals surface area contributed by atoms with Crippen LogP contribution in [0.5, 0.6) is 0 Å². The maximum atomic E-state index is 12.0. The van der Waals surface area contributed by atoms with Crippen LogP contribution < -0.4 is 21.3 Å². The largest absolute Gasteiger partial charge is 0.404 e. The number of anilines is 2. The predicted molar refractivity (Wildman–Crippen MR) is 122 cm³/mol. The maximum Gasteiger partial charge on any atom is 0.252 e. The lowest BCUT2D eigenvalue weighted by atomic mass is 10.1. The van der Waals surface area contributed by atoms with Gasteiger partial charge in [-0.3, -0.25) is 9.78 Å². The molecule has 0 atom stereocenters. The predicted octanol–water partition coefficient (Wildman–Crippen LogP) is 2.36. The summed E-state index contributed by atoms with van der Waals surface area (Å²) in [7, 11) is 3.52. The molecule has 4 heterocycles. The second-order valence-corrected chi connectivity index (χ2v) is 7.05. The highest BCUT2D eigenvalue weighted by Gasteiger charge is 2.21. The summed E-state index contributed by atoms with van der Waals surface area (Å²) >= 11 is 0. The van der Waals surface area contributed by atoms with Crippen LogP contribution in [0.2, 0.25) is 0 Å². The van der Waals surface area contributed by atoms with Crippen LogP contribution >= 0.6 is 0 Å². The lowest BCUT2D eigenvalue weighted by Gasteiger charge is -2.24. The van der Waals surface area contributed by atoms with Crippen LogP contribution in [0.1, 0.15) is 27.2 Å². The van der Waals surface area contributed by atoms with Crippen molar-refractivity contribution in [1.82, 2.24) is 19.9 Å². The number of nitrogens with zero attached hydrogens (tertiary/aromatic N) is 4. The van der Waals surface area contributed by atoms with Crippen molar-refractivity contribution in [3.63, 3.8) is 0 Å². The van der Waals surface area contributed by atoms with Crippen LogP contribution in [-0.4, -0.2) is 40.8 Å². The molecule has 0 bridgehead atoms. The van der Waals surface area contributed by atoms with Gasteiger partial charge in [-0.05, 0) is 19.1 Å². The molecule has 0 saturated heterocycles. The minimum atomic E-state index is -0.206. The van der Waals surface area contributed by atoms with E-state index in [4.69, 9.17) is 11.1 Å². The number of carbonyl (C=O) groups excluding carboxylic acids is 1. The van der Waals surface area contributed by atoms with Gasteiger partial charge in [0.2, 0.25) is 0 Å². The molecule has 156 valence electrons. The smallest absolute Gasteiger partial charge is 0.252 e. The number of aryl methyl sites for hydroxylation is 1. The summed E-state index contributed by atoms with van der Waals surface area (Å²) in [5.41, 5.74) is 15.6. The molecule has 9 nitrogen and oxygen atoms in total. The number of allylic oxidation sites excluding steroid dienone is 1. The van der Waals surface area contributed by atoms with Crippen molar-refractivity contribution in [1.29, 1.82) is 5.41 Å². The third kappa shape index (κ3) is 3.43. The molecule has 5 N–H and O–H groups in total. The van der Waals surface area contributed by atoms with Crippen LogP contribution in [0.3, 0.4) is 0 Å². The van der Waals surface area contributed by atoms with Gasteiger partial charge in [0.1, 0.15) is 0 Å². The fourth-order valence-corrected chi connectivity index (χ4v) is 3.45. The van der Waals surface area contributed by atoms with Crippen molar-refractivity contribution in [3.05, 3.63) is 71.2 Å². The summed E-state index contributed by atoms with van der Waals surface area (Å²) in [4.78, 5) is 18.3. The van der Waals surface area contributed by atoms with Gasteiger partial charge in [0.15, 0.2) is 0 Å². The van der Waals surface area contributed by atoms with Gasteiger partial charge in [-0.1, -0.05) is 5.73 Å². The highest BCUT2D eigenvalue weighted by atomic mass is 16.1. The summed E-state index contributed by atoms with van der Waals surface area (Å²) < 4.78 is 1.76. The molecule has 0 unspecified atom stereocenters. The van der Waals surface area contributed by atoms with Gasteiger partial charge in [0.05, 0.1) is 45.6 Å². The van der Waals surface area contributed by atoms with Crippen molar-refractivity contribution in [2.75, 3.05) is 24.3 Å². The molecule has 0 aliphatic carbocycles. The summed E-state index contributed by atoms with van der Waals surface area (Å²) in [6, 6.07) is 3.71. The molecule has 3 aromatic rings. The summed E-state index contributed by atoms with van der Waals surface area (Å²) in [5.74, 6) is -0.206. The minimum Gasteiger partial charge on any atom is -0.404 e. The summed E-state index contributed by atoms with van der Waals surface area (Å²) in [6.45, 7) is 1.87. The van der Waals surface area contributed by atoms with E-state index in [9.17, 15) is 4.79 Å². The second kappa shape index (κ2) is 7.81. The Morgan fingerprint density at radius 1 is 1.29 bits per heavy atom. The van der Waals surface area contributed by atoms with Gasteiger partial charge in [-0.25, -0.2) is 4.52 Å². The Bertz CT molecular complexity index is 1310. The van der Waals surface area contributed by atoms with Crippen LogP contribution in [0.25, 0.3) is 16.8 Å². The molecular formula is C22H22N8O. The molecule has 3 aromatic heterocycles. The molecule has 0 spiro atoms. The van der Waals surface area contributed by atoms with Crippen LogP contribution in [0, 0.1) is 12.3 Å². The fourth-order valence-electron chi connectivity index (χ4n) is 3.45. The van der Waals surface area contributed by atoms with Crippen LogP contribution in [0.4, 0.5) is 11.4 Å². The van der Waals surface area contributed by atoms with E-state index >= 15 is 0 Å². The van der Waals surface area contributed by atoms with E-state index in [1.54, 1.807) is 30.0 Å². The van der Waals surface area contributed by atoms with E-state index in [0.29, 0.717) is 22.5 Å². The SMILES string of the molecule is CNC(=O)c1cnc(C)c(NC2=C=CN(C)c3c2cnn2cc(C(C=N)=CN)cc32)c1. The van der Waals surface area contributed by atoms with Gasteiger partial charge in [0, 0.05) is 56.2 Å². The van der Waals surface area contributed by atoms with Crippen molar-refractivity contribution in [2.24, 2.45) is 5.73 Å². The Morgan fingerprint density at radius 3 is 2.81 bits per heavy atom. The van der Waals surface area contributed by atoms with Crippen LogP contribution in [0.15, 0.2) is 48.9 Å². The number of carbonyl (C=O) groups is 1. The Kier molecular flexibility index (Phi) is 5.02. The number of nitrogens with one attached hydrogen (secondary N) is 3. The molecule has 1 amide bonds. The Balaban J connectivity index is 1.80. The number of aromatic nitrogens is 3. The number of hydrogen-bond donors (Lipinski definition) is 4. The van der Waals surface area contributed by atoms with E-state index in [1.807, 2.05) is 37.3 Å². The third-order valence-electron chi connectivity index (χ3n) is 5.14. The highest BCUT2D eigenvalue weighted by molar-refractivity contribution is 6.09. The second-order valence-electron chi connectivity index (χ2n) is 7.05. The molecule has 0 aromatic carbocycles. The number of hydrogen-bond acceptors (Lipinski definition) is 7. The molecule has 1 aliphatic rings. The molecule has 0 radical (unpaired) electrons. The first kappa shape index (κ1) is 19.9. The zero-order valence-corrected chi connectivity index (χ0v) is 17.4. The Labute approximate surface area is 179 Å². The summed E-state index contributed by atoms with van der Waals surface area (Å²) in [6.07, 6.45) is 9.59.